The summed E-state index contributed by atoms with van der Waals surface area (Å²) >= 11 is 0. The van der Waals surface area contributed by atoms with E-state index in [2.05, 4.69) is 27.7 Å². The summed E-state index contributed by atoms with van der Waals surface area (Å²) in [5, 5.41) is 10.2. The van der Waals surface area contributed by atoms with Gasteiger partial charge in [-0.2, -0.15) is 4.98 Å². The number of nitrogens with zero attached hydrogens (tertiary/aromatic N) is 2. The van der Waals surface area contributed by atoms with E-state index in [0.29, 0.717) is 17.5 Å². The fourth-order valence-electron chi connectivity index (χ4n) is 2.29. The van der Waals surface area contributed by atoms with Crippen molar-refractivity contribution in [2.45, 2.75) is 51.6 Å². The molecule has 0 spiro atoms. The Morgan fingerprint density at radius 3 is 2.74 bits per heavy atom. The SMILES string of the molecule is CCCc1noc(C(C)Nc2ccc(C(=O)NC3CC3)cc2)n1. The number of aryl methyl sites for hydroxylation is 1. The Morgan fingerprint density at radius 2 is 2.09 bits per heavy atom. The number of hydrogen-bond acceptors (Lipinski definition) is 5. The molecule has 6 nitrogen and oxygen atoms in total. The molecular weight excluding hydrogens is 292 g/mol. The second kappa shape index (κ2) is 6.81. The molecule has 2 aromatic rings. The zero-order valence-corrected chi connectivity index (χ0v) is 13.5. The van der Waals surface area contributed by atoms with Crippen LogP contribution in [0.1, 0.15) is 61.2 Å². The van der Waals surface area contributed by atoms with E-state index in [9.17, 15) is 4.79 Å². The van der Waals surface area contributed by atoms with E-state index in [1.165, 1.54) is 0 Å². The van der Waals surface area contributed by atoms with E-state index < -0.39 is 0 Å². The van der Waals surface area contributed by atoms with Gasteiger partial charge in [-0.25, -0.2) is 0 Å². The maximum Gasteiger partial charge on any atom is 0.251 e. The van der Waals surface area contributed by atoms with Gasteiger partial charge in [-0.3, -0.25) is 4.79 Å². The highest BCUT2D eigenvalue weighted by Gasteiger charge is 2.23. The Bertz CT molecular complexity index is 661. The van der Waals surface area contributed by atoms with E-state index in [-0.39, 0.29) is 11.9 Å². The highest BCUT2D eigenvalue weighted by molar-refractivity contribution is 5.94. The number of nitrogens with one attached hydrogen (secondary N) is 2. The summed E-state index contributed by atoms with van der Waals surface area (Å²) in [6.45, 7) is 4.05. The largest absolute Gasteiger partial charge is 0.374 e. The zero-order chi connectivity index (χ0) is 16.2. The Hall–Kier alpha value is -2.37. The molecule has 1 aromatic heterocycles. The van der Waals surface area contributed by atoms with E-state index >= 15 is 0 Å². The predicted molar refractivity (Wildman–Crippen MR) is 87.3 cm³/mol. The van der Waals surface area contributed by atoms with E-state index in [4.69, 9.17) is 4.52 Å². The fraction of sp³-hybridized carbons (Fsp3) is 0.471. The minimum absolute atomic E-state index is 0.00629. The number of carbonyl (C=O) groups is 1. The van der Waals surface area contributed by atoms with E-state index in [1.54, 1.807) is 0 Å². The molecule has 23 heavy (non-hydrogen) atoms. The van der Waals surface area contributed by atoms with E-state index in [0.717, 1.165) is 37.2 Å². The molecule has 1 aliphatic rings. The van der Waals surface area contributed by atoms with Crippen molar-refractivity contribution in [2.75, 3.05) is 5.32 Å². The van der Waals surface area contributed by atoms with Crippen molar-refractivity contribution in [1.29, 1.82) is 0 Å². The lowest BCUT2D eigenvalue weighted by Gasteiger charge is -2.11. The third-order valence-corrected chi connectivity index (χ3v) is 3.77. The van der Waals surface area contributed by atoms with Crippen molar-refractivity contribution < 1.29 is 9.32 Å². The van der Waals surface area contributed by atoms with Gasteiger partial charge in [0.1, 0.15) is 6.04 Å². The summed E-state index contributed by atoms with van der Waals surface area (Å²) in [7, 11) is 0. The molecule has 6 heteroatoms. The van der Waals surface area contributed by atoms with Crippen LogP contribution in [-0.2, 0) is 6.42 Å². The van der Waals surface area contributed by atoms with Gasteiger partial charge >= 0.3 is 0 Å². The first kappa shape index (κ1) is 15.5. The molecule has 2 N–H and O–H groups in total. The van der Waals surface area contributed by atoms with Crippen LogP contribution in [0, 0.1) is 0 Å². The molecule has 1 fully saturated rings. The number of rotatable bonds is 7. The molecule has 1 heterocycles. The number of carbonyl (C=O) groups excluding carboxylic acids is 1. The standard InChI is InChI=1S/C17H22N4O2/c1-3-4-15-20-17(23-21-15)11(2)18-13-7-5-12(6-8-13)16(22)19-14-9-10-14/h5-8,11,14,18H,3-4,9-10H2,1-2H3,(H,19,22). The quantitative estimate of drug-likeness (QED) is 0.821. The molecule has 1 aromatic carbocycles. The summed E-state index contributed by atoms with van der Waals surface area (Å²) in [5.41, 5.74) is 1.59. The molecule has 1 unspecified atom stereocenters. The third kappa shape index (κ3) is 4.09. The lowest BCUT2D eigenvalue weighted by molar-refractivity contribution is 0.0951. The molecule has 1 saturated carbocycles. The summed E-state index contributed by atoms with van der Waals surface area (Å²) in [6, 6.07) is 7.71. The molecular formula is C17H22N4O2. The molecule has 0 aliphatic heterocycles. The minimum Gasteiger partial charge on any atom is -0.374 e. The van der Waals surface area contributed by atoms with Crippen LogP contribution < -0.4 is 10.6 Å². The first-order valence-electron chi connectivity index (χ1n) is 8.15. The average Bonchev–Trinajstić information content (AvgIpc) is 3.23. The van der Waals surface area contributed by atoms with Crippen molar-refractivity contribution in [3.63, 3.8) is 0 Å². The molecule has 3 rings (SSSR count). The molecule has 122 valence electrons. The van der Waals surface area contributed by atoms with Gasteiger partial charge in [0.05, 0.1) is 0 Å². The zero-order valence-electron chi connectivity index (χ0n) is 13.5. The number of hydrogen-bond donors (Lipinski definition) is 2. The highest BCUT2D eigenvalue weighted by atomic mass is 16.5. The topological polar surface area (TPSA) is 80.0 Å². The maximum absolute atomic E-state index is 11.9. The maximum atomic E-state index is 11.9. The molecule has 1 aliphatic carbocycles. The summed E-state index contributed by atoms with van der Waals surface area (Å²) in [4.78, 5) is 16.3. The highest BCUT2D eigenvalue weighted by Crippen LogP contribution is 2.21. The van der Waals surface area contributed by atoms with Crippen LogP contribution in [0.15, 0.2) is 28.8 Å². The van der Waals surface area contributed by atoms with Crippen LogP contribution in [0.25, 0.3) is 0 Å². The third-order valence-electron chi connectivity index (χ3n) is 3.77. The van der Waals surface area contributed by atoms with Gasteiger partial charge in [-0.05, 0) is 50.5 Å². The predicted octanol–water partition coefficient (Wildman–Crippen LogP) is 3.09. The normalized spacial score (nSPS) is 15.2. The second-order valence-electron chi connectivity index (χ2n) is 5.99. The van der Waals surface area contributed by atoms with Gasteiger partial charge in [0.2, 0.25) is 5.89 Å². The van der Waals surface area contributed by atoms with Gasteiger partial charge in [0.25, 0.3) is 5.91 Å². The van der Waals surface area contributed by atoms with Gasteiger partial charge in [0, 0.05) is 23.7 Å². The van der Waals surface area contributed by atoms with Crippen molar-refractivity contribution in [1.82, 2.24) is 15.5 Å². The number of benzene rings is 1. The molecule has 1 atom stereocenters. The van der Waals surface area contributed by atoms with Crippen molar-refractivity contribution in [2.24, 2.45) is 0 Å². The van der Waals surface area contributed by atoms with Crippen LogP contribution in [-0.4, -0.2) is 22.1 Å². The Labute approximate surface area is 135 Å². The minimum atomic E-state index is -0.0840. The Morgan fingerprint density at radius 1 is 1.35 bits per heavy atom. The molecule has 0 saturated heterocycles. The van der Waals surface area contributed by atoms with Crippen LogP contribution >= 0.6 is 0 Å². The number of aromatic nitrogens is 2. The van der Waals surface area contributed by atoms with Crippen LogP contribution in [0.3, 0.4) is 0 Å². The number of amides is 1. The molecule has 0 bridgehead atoms. The molecule has 1 amide bonds. The lowest BCUT2D eigenvalue weighted by Crippen LogP contribution is -2.25. The van der Waals surface area contributed by atoms with Gasteiger partial charge < -0.3 is 15.2 Å². The van der Waals surface area contributed by atoms with Crippen LogP contribution in [0.4, 0.5) is 5.69 Å². The first-order chi connectivity index (χ1) is 11.2. The smallest absolute Gasteiger partial charge is 0.251 e. The monoisotopic (exact) mass is 314 g/mol. The van der Waals surface area contributed by atoms with E-state index in [1.807, 2.05) is 31.2 Å². The van der Waals surface area contributed by atoms with Gasteiger partial charge in [0.15, 0.2) is 5.82 Å². The fourth-order valence-corrected chi connectivity index (χ4v) is 2.29. The van der Waals surface area contributed by atoms with Crippen molar-refractivity contribution in [3.8, 4) is 0 Å². The van der Waals surface area contributed by atoms with Crippen LogP contribution in [0.5, 0.6) is 0 Å². The van der Waals surface area contributed by atoms with Crippen molar-refractivity contribution in [3.05, 3.63) is 41.5 Å². The Balaban J connectivity index is 1.59. The first-order valence-corrected chi connectivity index (χ1v) is 8.15. The average molecular weight is 314 g/mol. The summed E-state index contributed by atoms with van der Waals surface area (Å²) in [6.07, 6.45) is 3.99. The number of anilines is 1. The second-order valence-corrected chi connectivity index (χ2v) is 5.99. The van der Waals surface area contributed by atoms with Crippen LogP contribution in [0.2, 0.25) is 0 Å². The van der Waals surface area contributed by atoms with Gasteiger partial charge in [-0.1, -0.05) is 12.1 Å². The lowest BCUT2D eigenvalue weighted by atomic mass is 10.2. The van der Waals surface area contributed by atoms with Crippen molar-refractivity contribution >= 4 is 11.6 Å². The molecule has 0 radical (unpaired) electrons. The summed E-state index contributed by atoms with van der Waals surface area (Å²) in [5.74, 6) is 1.31. The summed E-state index contributed by atoms with van der Waals surface area (Å²) < 4.78 is 5.28. The van der Waals surface area contributed by atoms with Gasteiger partial charge in [-0.15, -0.1) is 0 Å². The Kier molecular flexibility index (Phi) is 4.60.